The molecule has 0 aliphatic rings. The molecule has 6 heteroatoms. The second-order valence-corrected chi connectivity index (χ2v) is 8.08. The third-order valence-electron chi connectivity index (χ3n) is 5.40. The molecule has 4 rings (SSSR count). The molecule has 0 amide bonds. The lowest BCUT2D eigenvalue weighted by Gasteiger charge is -2.09. The van der Waals surface area contributed by atoms with Gasteiger partial charge in [-0.1, -0.05) is 54.0 Å². The molecule has 0 aromatic heterocycles. The first-order chi connectivity index (χ1) is 17.7. The van der Waals surface area contributed by atoms with Crippen LogP contribution in [0.15, 0.2) is 85.5 Å². The van der Waals surface area contributed by atoms with Gasteiger partial charge in [0.05, 0.1) is 5.56 Å². The third kappa shape index (κ3) is 6.78. The Kier molecular flexibility index (Phi) is 7.60. The lowest BCUT2D eigenvalue weighted by atomic mass is 10.0. The summed E-state index contributed by atoms with van der Waals surface area (Å²) < 4.78 is 69.4. The quantitative estimate of drug-likeness (QED) is 0.156. The number of rotatable bonds is 4. The van der Waals surface area contributed by atoms with Crippen LogP contribution >= 0.6 is 0 Å². The van der Waals surface area contributed by atoms with Gasteiger partial charge in [-0.15, -0.1) is 19.8 Å². The van der Waals surface area contributed by atoms with E-state index in [-0.39, 0.29) is 11.1 Å². The highest BCUT2D eigenvalue weighted by Gasteiger charge is 2.32. The topological polar surface area (TPSA) is 9.23 Å². The van der Waals surface area contributed by atoms with Gasteiger partial charge in [-0.2, -0.15) is 0 Å². The first-order valence-corrected chi connectivity index (χ1v) is 11.2. The summed E-state index contributed by atoms with van der Waals surface area (Å²) in [6.45, 7) is 3.73. The minimum Gasteiger partial charge on any atom is -0.403 e. The van der Waals surface area contributed by atoms with Crippen LogP contribution in [0.2, 0.25) is 0 Å². The predicted octanol–water partition coefficient (Wildman–Crippen LogP) is 7.93. The van der Waals surface area contributed by atoms with E-state index < -0.39 is 23.7 Å². The maximum atomic E-state index is 15.0. The molecular formula is C31H19F5O. The maximum Gasteiger partial charge on any atom is 0.573 e. The Balaban J connectivity index is 1.53. The van der Waals surface area contributed by atoms with Crippen LogP contribution in [0.1, 0.15) is 34.2 Å². The number of ether oxygens (including phenoxy) is 1. The van der Waals surface area contributed by atoms with E-state index in [0.29, 0.717) is 10.8 Å². The average molecular weight is 502 g/mol. The monoisotopic (exact) mass is 502 g/mol. The van der Waals surface area contributed by atoms with E-state index in [0.717, 1.165) is 42.2 Å². The lowest BCUT2D eigenvalue weighted by Crippen LogP contribution is -2.17. The molecule has 184 valence electrons. The van der Waals surface area contributed by atoms with E-state index in [1.54, 1.807) is 24.3 Å². The number of fused-ring (bicyclic) bond motifs is 1. The van der Waals surface area contributed by atoms with E-state index >= 15 is 4.39 Å². The molecule has 0 aliphatic heterocycles. The van der Waals surface area contributed by atoms with Crippen molar-refractivity contribution in [1.29, 1.82) is 0 Å². The molecule has 0 aliphatic carbocycles. The normalized spacial score (nSPS) is 10.7. The van der Waals surface area contributed by atoms with Crippen molar-refractivity contribution in [1.82, 2.24) is 0 Å². The molecule has 0 atom stereocenters. The summed E-state index contributed by atoms with van der Waals surface area (Å²) in [4.78, 5) is 0. The van der Waals surface area contributed by atoms with Crippen LogP contribution in [-0.2, 0) is 6.42 Å². The van der Waals surface area contributed by atoms with E-state index in [1.165, 1.54) is 11.6 Å². The van der Waals surface area contributed by atoms with Gasteiger partial charge in [-0.05, 0) is 72.3 Å². The number of benzene rings is 4. The Labute approximate surface area is 211 Å². The minimum atomic E-state index is -5.01. The molecule has 0 N–H and O–H groups in total. The number of hydrogen-bond donors (Lipinski definition) is 0. The van der Waals surface area contributed by atoms with Gasteiger partial charge < -0.3 is 4.74 Å². The van der Waals surface area contributed by atoms with E-state index in [2.05, 4.69) is 35.0 Å². The zero-order chi connectivity index (χ0) is 26.4. The molecule has 0 spiro atoms. The van der Waals surface area contributed by atoms with Crippen LogP contribution < -0.4 is 4.74 Å². The number of alkyl halides is 3. The Bertz CT molecular complexity index is 1580. The van der Waals surface area contributed by atoms with Gasteiger partial charge in [-0.25, -0.2) is 8.78 Å². The standard InChI is InChI=1S/C31H19F5O/c1-2-3-4-21-5-7-22(8-6-21)9-10-23-12-17-27-26(19-23)16-15-25(30(27)33)14-11-24-13-18-29(28(32)20-24)37-31(34,35)36/h2,5-8,12-13,15-20H,1,3-4H2. The van der Waals surface area contributed by atoms with Crippen LogP contribution in [0.4, 0.5) is 22.0 Å². The fourth-order valence-electron chi connectivity index (χ4n) is 3.56. The van der Waals surface area contributed by atoms with Gasteiger partial charge in [0, 0.05) is 22.1 Å². The number of halogens is 5. The zero-order valence-electron chi connectivity index (χ0n) is 19.4. The summed E-state index contributed by atoms with van der Waals surface area (Å²) in [6.07, 6.45) is -1.28. The van der Waals surface area contributed by atoms with Crippen LogP contribution in [0.3, 0.4) is 0 Å². The molecule has 0 heterocycles. The molecule has 0 saturated heterocycles. The molecule has 0 radical (unpaired) electrons. The van der Waals surface area contributed by atoms with Gasteiger partial charge in [0.1, 0.15) is 5.82 Å². The average Bonchev–Trinajstić information content (AvgIpc) is 2.87. The molecule has 0 fully saturated rings. The molecule has 37 heavy (non-hydrogen) atoms. The molecule has 0 bridgehead atoms. The highest BCUT2D eigenvalue weighted by Crippen LogP contribution is 2.26. The fraction of sp³-hybridized carbons (Fsp3) is 0.0968. The van der Waals surface area contributed by atoms with Gasteiger partial charge in [-0.3, -0.25) is 0 Å². The van der Waals surface area contributed by atoms with Crippen LogP contribution in [0, 0.1) is 35.3 Å². The Morgan fingerprint density at radius 1 is 0.757 bits per heavy atom. The molecule has 4 aromatic carbocycles. The fourth-order valence-corrected chi connectivity index (χ4v) is 3.56. The SMILES string of the molecule is C=CCCc1ccc(C#Cc2ccc3c(F)c(C#Cc4ccc(OC(F)(F)F)c(F)c4)ccc3c2)cc1. The number of allylic oxidation sites excluding steroid dienone is 1. The van der Waals surface area contributed by atoms with E-state index in [1.807, 2.05) is 30.3 Å². The Hall–Kier alpha value is -4.55. The second-order valence-electron chi connectivity index (χ2n) is 8.08. The third-order valence-corrected chi connectivity index (χ3v) is 5.40. The van der Waals surface area contributed by atoms with Crippen molar-refractivity contribution < 1.29 is 26.7 Å². The molecule has 0 unspecified atom stereocenters. The van der Waals surface area contributed by atoms with Crippen LogP contribution in [-0.4, -0.2) is 6.36 Å². The minimum absolute atomic E-state index is 0.0684. The predicted molar refractivity (Wildman–Crippen MR) is 134 cm³/mol. The van der Waals surface area contributed by atoms with Gasteiger partial charge in [0.2, 0.25) is 0 Å². The largest absolute Gasteiger partial charge is 0.573 e. The van der Waals surface area contributed by atoms with Gasteiger partial charge >= 0.3 is 6.36 Å². The smallest absolute Gasteiger partial charge is 0.403 e. The Morgan fingerprint density at radius 2 is 1.41 bits per heavy atom. The van der Waals surface area contributed by atoms with E-state index in [9.17, 15) is 17.6 Å². The molecule has 0 saturated carbocycles. The van der Waals surface area contributed by atoms with Crippen molar-refractivity contribution in [3.8, 4) is 29.4 Å². The van der Waals surface area contributed by atoms with Crippen molar-refractivity contribution in [2.75, 3.05) is 0 Å². The Morgan fingerprint density at radius 3 is 2.11 bits per heavy atom. The lowest BCUT2D eigenvalue weighted by molar-refractivity contribution is -0.275. The second kappa shape index (κ2) is 11.0. The molecule has 1 nitrogen and oxygen atoms in total. The first kappa shape index (κ1) is 25.5. The van der Waals surface area contributed by atoms with Crippen molar-refractivity contribution in [2.45, 2.75) is 19.2 Å². The summed E-state index contributed by atoms with van der Waals surface area (Å²) >= 11 is 0. The van der Waals surface area contributed by atoms with Crippen LogP contribution in [0.5, 0.6) is 5.75 Å². The highest BCUT2D eigenvalue weighted by atomic mass is 19.4. The van der Waals surface area contributed by atoms with Crippen LogP contribution in [0.25, 0.3) is 10.8 Å². The number of hydrogen-bond acceptors (Lipinski definition) is 1. The summed E-state index contributed by atoms with van der Waals surface area (Å²) in [7, 11) is 0. The summed E-state index contributed by atoms with van der Waals surface area (Å²) in [5, 5.41) is 0.971. The van der Waals surface area contributed by atoms with Gasteiger partial charge in [0.15, 0.2) is 11.6 Å². The van der Waals surface area contributed by atoms with Gasteiger partial charge in [0.25, 0.3) is 0 Å². The molecular weight excluding hydrogens is 483 g/mol. The van der Waals surface area contributed by atoms with Crippen molar-refractivity contribution in [3.05, 3.63) is 125 Å². The maximum absolute atomic E-state index is 15.0. The first-order valence-electron chi connectivity index (χ1n) is 11.2. The summed E-state index contributed by atoms with van der Waals surface area (Å²) in [6, 6.07) is 19.0. The van der Waals surface area contributed by atoms with Crippen molar-refractivity contribution in [3.63, 3.8) is 0 Å². The highest BCUT2D eigenvalue weighted by molar-refractivity contribution is 5.86. The van der Waals surface area contributed by atoms with Crippen molar-refractivity contribution >= 4 is 10.8 Å². The zero-order valence-corrected chi connectivity index (χ0v) is 19.4. The molecule has 4 aromatic rings. The summed E-state index contributed by atoms with van der Waals surface area (Å²) in [5.74, 6) is 8.63. The van der Waals surface area contributed by atoms with Crippen molar-refractivity contribution in [2.24, 2.45) is 0 Å². The van der Waals surface area contributed by atoms with E-state index in [4.69, 9.17) is 0 Å². The number of aryl methyl sites for hydroxylation is 1. The summed E-state index contributed by atoms with van der Waals surface area (Å²) in [5.41, 5.74) is 2.94.